The van der Waals surface area contributed by atoms with E-state index in [0.717, 1.165) is 10.6 Å². The van der Waals surface area contributed by atoms with E-state index in [0.29, 0.717) is 16.4 Å². The predicted molar refractivity (Wildman–Crippen MR) is 103 cm³/mol. The number of thiazole rings is 1. The van der Waals surface area contributed by atoms with Crippen LogP contribution in [-0.2, 0) is 9.53 Å². The molecule has 1 amide bonds. The van der Waals surface area contributed by atoms with Crippen LogP contribution in [0.15, 0.2) is 35.3 Å². The minimum absolute atomic E-state index is 0.0632. The number of amides is 1. The molecule has 2 aromatic heterocycles. The van der Waals surface area contributed by atoms with E-state index >= 15 is 0 Å². The Morgan fingerprint density at radius 1 is 1.29 bits per heavy atom. The van der Waals surface area contributed by atoms with Gasteiger partial charge in [-0.25, -0.2) is 9.78 Å². The number of benzene rings is 1. The second-order valence-electron chi connectivity index (χ2n) is 6.35. The Morgan fingerprint density at radius 3 is 2.79 bits per heavy atom. The normalized spacial score (nSPS) is 15.8. The van der Waals surface area contributed by atoms with Crippen LogP contribution in [0.4, 0.5) is 5.69 Å². The average molecular weight is 399 g/mol. The number of carbonyl (C=O) groups is 2. The summed E-state index contributed by atoms with van der Waals surface area (Å²) in [4.78, 5) is 45.4. The number of aryl methyl sites for hydroxylation is 2. The Balaban J connectivity index is 1.82. The fourth-order valence-electron chi connectivity index (χ4n) is 3.15. The van der Waals surface area contributed by atoms with Crippen molar-refractivity contribution in [2.75, 3.05) is 18.6 Å². The number of anilines is 1. The van der Waals surface area contributed by atoms with Gasteiger partial charge in [0, 0.05) is 16.8 Å². The highest BCUT2D eigenvalue weighted by molar-refractivity contribution is 7.17. The molecular formula is C19H17N3O5S. The third kappa shape index (κ3) is 2.75. The van der Waals surface area contributed by atoms with E-state index in [1.165, 1.54) is 33.9 Å². The van der Waals surface area contributed by atoms with Gasteiger partial charge in [-0.05, 0) is 26.0 Å². The molecule has 28 heavy (non-hydrogen) atoms. The van der Waals surface area contributed by atoms with Crippen LogP contribution in [0, 0.1) is 13.8 Å². The van der Waals surface area contributed by atoms with Gasteiger partial charge in [-0.2, -0.15) is 0 Å². The number of hydrogen-bond donors (Lipinski definition) is 0. The summed E-state index contributed by atoms with van der Waals surface area (Å²) < 4.78 is 11.9. The van der Waals surface area contributed by atoms with Crippen LogP contribution in [0.1, 0.15) is 20.9 Å². The number of aromatic nitrogens is 2. The number of fused-ring (bicyclic) bond motifs is 2. The van der Waals surface area contributed by atoms with Crippen molar-refractivity contribution in [2.24, 2.45) is 0 Å². The largest absolute Gasteiger partial charge is 0.475 e. The summed E-state index contributed by atoms with van der Waals surface area (Å²) in [6, 6.07) is 6.85. The number of carbonyl (C=O) groups excluding carboxylic acids is 2. The molecule has 8 nitrogen and oxygen atoms in total. The second-order valence-corrected chi connectivity index (χ2v) is 7.53. The standard InChI is InChI=1S/C19H17N3O5S/c1-10-11(2)28-19-20-8-12(17(24)22(10)19)16(23)21-9-15(18(25)26-3)27-14-7-5-4-6-13(14)21/h4-8,15H,9H2,1-3H3. The van der Waals surface area contributed by atoms with E-state index in [2.05, 4.69) is 4.98 Å². The number of hydrogen-bond acceptors (Lipinski definition) is 7. The van der Waals surface area contributed by atoms with E-state index in [9.17, 15) is 14.4 Å². The molecule has 0 bridgehead atoms. The third-order valence-electron chi connectivity index (χ3n) is 4.73. The van der Waals surface area contributed by atoms with E-state index in [-0.39, 0.29) is 12.1 Å². The monoisotopic (exact) mass is 399 g/mol. The van der Waals surface area contributed by atoms with Crippen LogP contribution in [0.2, 0.25) is 0 Å². The van der Waals surface area contributed by atoms with Gasteiger partial charge in [0.05, 0.1) is 19.3 Å². The fourth-order valence-corrected chi connectivity index (χ4v) is 4.08. The van der Waals surface area contributed by atoms with Crippen LogP contribution >= 0.6 is 11.3 Å². The lowest BCUT2D eigenvalue weighted by Crippen LogP contribution is -2.48. The summed E-state index contributed by atoms with van der Waals surface area (Å²) in [6.07, 6.45) is 0.314. The van der Waals surface area contributed by atoms with Crippen LogP contribution in [0.3, 0.4) is 0 Å². The lowest BCUT2D eigenvalue weighted by Gasteiger charge is -2.33. The topological polar surface area (TPSA) is 90.2 Å². The molecule has 3 heterocycles. The van der Waals surface area contributed by atoms with Gasteiger partial charge in [0.15, 0.2) is 4.96 Å². The molecule has 0 radical (unpaired) electrons. The molecule has 1 atom stereocenters. The Morgan fingerprint density at radius 2 is 2.04 bits per heavy atom. The molecule has 1 aliphatic heterocycles. The predicted octanol–water partition coefficient (Wildman–Crippen LogP) is 1.95. The molecule has 0 spiro atoms. The zero-order chi connectivity index (χ0) is 20.0. The molecule has 0 fully saturated rings. The first kappa shape index (κ1) is 18.2. The number of rotatable bonds is 2. The first-order valence-electron chi connectivity index (χ1n) is 8.55. The summed E-state index contributed by atoms with van der Waals surface area (Å²) in [5.74, 6) is -0.768. The van der Waals surface area contributed by atoms with Gasteiger partial charge < -0.3 is 14.4 Å². The van der Waals surface area contributed by atoms with Crippen molar-refractivity contribution in [3.63, 3.8) is 0 Å². The molecule has 0 aliphatic carbocycles. The minimum atomic E-state index is -0.978. The molecule has 1 unspecified atom stereocenters. The highest BCUT2D eigenvalue weighted by atomic mass is 32.1. The molecule has 144 valence electrons. The number of ether oxygens (including phenoxy) is 2. The second kappa shape index (κ2) is 6.75. The van der Waals surface area contributed by atoms with Gasteiger partial charge >= 0.3 is 5.97 Å². The quantitative estimate of drug-likeness (QED) is 0.612. The van der Waals surface area contributed by atoms with Gasteiger partial charge in [0.25, 0.3) is 11.5 Å². The number of esters is 1. The Kier molecular flexibility index (Phi) is 4.38. The van der Waals surface area contributed by atoms with Crippen molar-refractivity contribution in [3.05, 3.63) is 57.0 Å². The Labute approximate surface area is 163 Å². The van der Waals surface area contributed by atoms with Crippen molar-refractivity contribution in [2.45, 2.75) is 20.0 Å². The maximum absolute atomic E-state index is 13.3. The molecular weight excluding hydrogens is 382 g/mol. The van der Waals surface area contributed by atoms with Crippen molar-refractivity contribution < 1.29 is 19.1 Å². The van der Waals surface area contributed by atoms with Crippen molar-refractivity contribution in [1.82, 2.24) is 9.38 Å². The average Bonchev–Trinajstić information content (AvgIpc) is 3.00. The van der Waals surface area contributed by atoms with Gasteiger partial charge in [0.1, 0.15) is 11.3 Å². The van der Waals surface area contributed by atoms with Crippen LogP contribution < -0.4 is 15.2 Å². The third-order valence-corrected chi connectivity index (χ3v) is 5.80. The van der Waals surface area contributed by atoms with Gasteiger partial charge in [-0.15, -0.1) is 11.3 Å². The number of nitrogens with zero attached hydrogens (tertiary/aromatic N) is 3. The molecule has 1 aromatic carbocycles. The van der Waals surface area contributed by atoms with Crippen LogP contribution in [0.5, 0.6) is 5.75 Å². The highest BCUT2D eigenvalue weighted by Gasteiger charge is 2.35. The number of para-hydroxylation sites is 2. The van der Waals surface area contributed by atoms with E-state index in [4.69, 9.17) is 9.47 Å². The summed E-state index contributed by atoms with van der Waals surface area (Å²) in [7, 11) is 1.25. The van der Waals surface area contributed by atoms with E-state index in [1.54, 1.807) is 24.3 Å². The van der Waals surface area contributed by atoms with Crippen molar-refractivity contribution in [1.29, 1.82) is 0 Å². The smallest absolute Gasteiger partial charge is 0.348 e. The lowest BCUT2D eigenvalue weighted by molar-refractivity contribution is -0.148. The molecule has 0 N–H and O–H groups in total. The molecule has 3 aromatic rings. The zero-order valence-electron chi connectivity index (χ0n) is 15.5. The van der Waals surface area contributed by atoms with Crippen LogP contribution in [-0.4, -0.2) is 41.0 Å². The minimum Gasteiger partial charge on any atom is -0.475 e. The highest BCUT2D eigenvalue weighted by Crippen LogP contribution is 2.34. The molecule has 1 aliphatic rings. The van der Waals surface area contributed by atoms with E-state index < -0.39 is 23.5 Å². The number of methoxy groups -OCH3 is 1. The maximum atomic E-state index is 13.3. The molecule has 0 saturated carbocycles. The van der Waals surface area contributed by atoms with Gasteiger partial charge in [-0.1, -0.05) is 12.1 Å². The first-order valence-corrected chi connectivity index (χ1v) is 9.37. The molecule has 4 rings (SSSR count). The Hall–Kier alpha value is -3.20. The lowest BCUT2D eigenvalue weighted by atomic mass is 10.1. The van der Waals surface area contributed by atoms with Crippen molar-refractivity contribution in [3.8, 4) is 5.75 Å². The summed E-state index contributed by atoms with van der Waals surface area (Å²) in [5, 5.41) is 0. The molecule has 9 heteroatoms. The summed E-state index contributed by atoms with van der Waals surface area (Å²) in [5.41, 5.74) is 0.728. The fraction of sp³-hybridized carbons (Fsp3) is 0.263. The summed E-state index contributed by atoms with van der Waals surface area (Å²) in [6.45, 7) is 3.65. The Bertz CT molecular complexity index is 1170. The molecule has 0 saturated heterocycles. The van der Waals surface area contributed by atoms with Gasteiger partial charge in [-0.3, -0.25) is 14.0 Å². The van der Waals surface area contributed by atoms with Gasteiger partial charge in [0.2, 0.25) is 6.10 Å². The van der Waals surface area contributed by atoms with Crippen LogP contribution in [0.25, 0.3) is 4.96 Å². The van der Waals surface area contributed by atoms with E-state index in [1.807, 2.05) is 13.8 Å². The zero-order valence-corrected chi connectivity index (χ0v) is 16.3. The first-order chi connectivity index (χ1) is 13.4. The maximum Gasteiger partial charge on any atom is 0.348 e. The summed E-state index contributed by atoms with van der Waals surface area (Å²) >= 11 is 1.39. The SMILES string of the molecule is COC(=O)C1CN(C(=O)c2cnc3sc(C)c(C)n3c2=O)c2ccccc2O1. The van der Waals surface area contributed by atoms with Crippen molar-refractivity contribution >= 4 is 33.9 Å².